The van der Waals surface area contributed by atoms with Crippen LogP contribution >= 0.6 is 0 Å². The molecule has 1 heterocycles. The van der Waals surface area contributed by atoms with Gasteiger partial charge in [-0.05, 0) is 81.0 Å². The van der Waals surface area contributed by atoms with Gasteiger partial charge in [0, 0.05) is 11.8 Å². The summed E-state index contributed by atoms with van der Waals surface area (Å²) >= 11 is 0. The maximum Gasteiger partial charge on any atom is 0.429 e. The lowest BCUT2D eigenvalue weighted by Gasteiger charge is -2.61. The monoisotopic (exact) mass is 506 g/mol. The largest absolute Gasteiger partial charge is 0.461 e. The van der Waals surface area contributed by atoms with Crippen molar-refractivity contribution in [3.8, 4) is 0 Å². The summed E-state index contributed by atoms with van der Waals surface area (Å²) in [7, 11) is -5.10. The van der Waals surface area contributed by atoms with E-state index in [0.29, 0.717) is 31.1 Å². The van der Waals surface area contributed by atoms with Crippen LogP contribution in [-0.4, -0.2) is 48.5 Å². The standard InChI is InChI=1S/C23H29F3O7S/c1-21(23(24,25)26,9-34(29,30)31)33-20(28)15-13-5-14-16(15)19(27)32-18(14)17(13)22-6-10-2-11(7-22)4-12(3-10)8-22/h10-18H,2-9H2,1H3,(H,29,30,31). The van der Waals surface area contributed by atoms with Crippen molar-refractivity contribution in [2.75, 3.05) is 5.75 Å². The lowest BCUT2D eigenvalue weighted by Crippen LogP contribution is -2.56. The summed E-state index contributed by atoms with van der Waals surface area (Å²) < 4.78 is 83.7. The van der Waals surface area contributed by atoms with Crippen molar-refractivity contribution >= 4 is 22.1 Å². The van der Waals surface area contributed by atoms with Gasteiger partial charge >= 0.3 is 18.1 Å². The Kier molecular flexibility index (Phi) is 4.68. The summed E-state index contributed by atoms with van der Waals surface area (Å²) in [5.41, 5.74) is -3.48. The lowest BCUT2D eigenvalue weighted by molar-refractivity contribution is -0.259. The van der Waals surface area contributed by atoms with E-state index in [9.17, 15) is 31.2 Å². The second-order valence-corrected chi connectivity index (χ2v) is 13.7. The molecule has 0 aromatic carbocycles. The molecule has 6 aliphatic carbocycles. The summed E-state index contributed by atoms with van der Waals surface area (Å²) in [5, 5.41) is 0. The van der Waals surface area contributed by atoms with Crippen LogP contribution in [0.1, 0.15) is 51.9 Å². The molecule has 7 aliphatic rings. The van der Waals surface area contributed by atoms with Crippen molar-refractivity contribution in [3.63, 3.8) is 0 Å². The van der Waals surface area contributed by atoms with Gasteiger partial charge in [-0.1, -0.05) is 0 Å². The van der Waals surface area contributed by atoms with Gasteiger partial charge in [0.2, 0.25) is 5.60 Å². The molecular formula is C23H29F3O7S. The van der Waals surface area contributed by atoms with E-state index >= 15 is 0 Å². The Morgan fingerprint density at radius 1 is 1.09 bits per heavy atom. The number of rotatable bonds is 5. The summed E-state index contributed by atoms with van der Waals surface area (Å²) in [5.74, 6) is -4.27. The van der Waals surface area contributed by atoms with Crippen LogP contribution in [0.5, 0.6) is 0 Å². The number of esters is 2. The molecule has 7 rings (SSSR count). The van der Waals surface area contributed by atoms with E-state index in [1.807, 2.05) is 0 Å². The van der Waals surface area contributed by atoms with Crippen LogP contribution in [0.3, 0.4) is 0 Å². The highest BCUT2D eigenvalue weighted by molar-refractivity contribution is 7.85. The number of hydrogen-bond acceptors (Lipinski definition) is 6. The minimum absolute atomic E-state index is 0.0608. The Morgan fingerprint density at radius 2 is 1.65 bits per heavy atom. The Labute approximate surface area is 195 Å². The lowest BCUT2D eigenvalue weighted by atomic mass is 9.44. The van der Waals surface area contributed by atoms with Gasteiger partial charge in [-0.3, -0.25) is 14.1 Å². The molecule has 7 unspecified atom stereocenters. The predicted molar refractivity (Wildman–Crippen MR) is 110 cm³/mol. The van der Waals surface area contributed by atoms with Gasteiger partial charge in [0.15, 0.2) is 0 Å². The van der Waals surface area contributed by atoms with E-state index in [4.69, 9.17) is 14.0 Å². The van der Waals surface area contributed by atoms with Gasteiger partial charge in [0.05, 0.1) is 11.8 Å². The minimum Gasteiger partial charge on any atom is -0.461 e. The fourth-order valence-corrected chi connectivity index (χ4v) is 10.5. The minimum atomic E-state index is -5.23. The highest BCUT2D eigenvalue weighted by Crippen LogP contribution is 2.72. The van der Waals surface area contributed by atoms with Crippen LogP contribution in [0.2, 0.25) is 0 Å². The van der Waals surface area contributed by atoms with Crippen molar-refractivity contribution in [2.24, 2.45) is 52.8 Å². The van der Waals surface area contributed by atoms with Crippen molar-refractivity contribution in [1.82, 2.24) is 0 Å². The number of hydrogen-bond donors (Lipinski definition) is 1. The molecule has 0 aromatic heterocycles. The number of carbonyl (C=O) groups is 2. The van der Waals surface area contributed by atoms with E-state index in [-0.39, 0.29) is 29.3 Å². The third-order valence-electron chi connectivity index (χ3n) is 10.1. The highest BCUT2D eigenvalue weighted by atomic mass is 32.2. The van der Waals surface area contributed by atoms with Gasteiger partial charge in [-0.15, -0.1) is 0 Å². The number of carbonyl (C=O) groups excluding carboxylic acids is 2. The summed E-state index contributed by atoms with van der Waals surface area (Å²) in [6, 6.07) is 0. The number of halogens is 3. The fourth-order valence-electron chi connectivity index (χ4n) is 9.57. The Hall–Kier alpha value is -1.36. The van der Waals surface area contributed by atoms with Gasteiger partial charge in [0.1, 0.15) is 11.9 Å². The average molecular weight is 507 g/mol. The van der Waals surface area contributed by atoms with Gasteiger partial charge < -0.3 is 9.47 Å². The fraction of sp³-hybridized carbons (Fsp3) is 0.913. The molecule has 0 radical (unpaired) electrons. The zero-order chi connectivity index (χ0) is 24.4. The molecule has 7 atom stereocenters. The molecular weight excluding hydrogens is 477 g/mol. The Morgan fingerprint density at radius 3 is 2.15 bits per heavy atom. The first-order chi connectivity index (χ1) is 15.7. The molecule has 34 heavy (non-hydrogen) atoms. The van der Waals surface area contributed by atoms with Gasteiger partial charge in [0.25, 0.3) is 10.1 Å². The topological polar surface area (TPSA) is 107 Å². The molecule has 6 bridgehead atoms. The number of fused-ring (bicyclic) bond motifs is 1. The zero-order valence-corrected chi connectivity index (χ0v) is 19.6. The van der Waals surface area contributed by atoms with Crippen LogP contribution in [0.15, 0.2) is 0 Å². The summed E-state index contributed by atoms with van der Waals surface area (Å²) in [6.45, 7) is 0.443. The molecule has 0 aromatic rings. The smallest absolute Gasteiger partial charge is 0.429 e. The maximum atomic E-state index is 13.8. The van der Waals surface area contributed by atoms with Crippen LogP contribution in [0.4, 0.5) is 13.2 Å². The molecule has 1 saturated heterocycles. The first kappa shape index (κ1) is 23.1. The van der Waals surface area contributed by atoms with Crippen LogP contribution in [0, 0.1) is 52.8 Å². The zero-order valence-electron chi connectivity index (χ0n) is 18.8. The first-order valence-corrected chi connectivity index (χ1v) is 13.8. The van der Waals surface area contributed by atoms with Crippen molar-refractivity contribution in [3.05, 3.63) is 0 Å². The van der Waals surface area contributed by atoms with Gasteiger partial charge in [-0.25, -0.2) is 0 Å². The van der Waals surface area contributed by atoms with Crippen molar-refractivity contribution in [2.45, 2.75) is 69.8 Å². The van der Waals surface area contributed by atoms with E-state index < -0.39 is 51.4 Å². The number of ether oxygens (including phenoxy) is 2. The molecule has 190 valence electrons. The Balaban J connectivity index is 1.32. The van der Waals surface area contributed by atoms with Crippen LogP contribution in [-0.2, 0) is 29.2 Å². The van der Waals surface area contributed by atoms with Crippen LogP contribution in [0.25, 0.3) is 0 Å². The van der Waals surface area contributed by atoms with E-state index in [1.54, 1.807) is 0 Å². The maximum absolute atomic E-state index is 13.8. The SMILES string of the molecule is CC(CS(=O)(=O)O)(OC(=O)C1C2CC3C(OC(=O)C31)C2C12CC3CC(CC(C3)C1)C2)C(F)(F)F. The van der Waals surface area contributed by atoms with Crippen molar-refractivity contribution in [1.29, 1.82) is 0 Å². The summed E-state index contributed by atoms with van der Waals surface area (Å²) in [6.07, 6.45) is 1.66. The van der Waals surface area contributed by atoms with E-state index in [0.717, 1.165) is 19.3 Å². The number of alkyl halides is 3. The summed E-state index contributed by atoms with van der Waals surface area (Å²) in [4.78, 5) is 26.1. The second-order valence-electron chi connectivity index (χ2n) is 12.2. The van der Waals surface area contributed by atoms with Crippen LogP contribution < -0.4 is 0 Å². The second kappa shape index (κ2) is 6.89. The first-order valence-electron chi connectivity index (χ1n) is 12.1. The molecule has 0 amide bonds. The van der Waals surface area contributed by atoms with Crippen molar-refractivity contribution < 1.29 is 45.2 Å². The molecule has 7 fully saturated rings. The molecule has 6 saturated carbocycles. The third kappa shape index (κ3) is 3.21. The average Bonchev–Trinajstić information content (AvgIpc) is 3.26. The Bertz CT molecular complexity index is 1000. The normalized spacial score (nSPS) is 48.1. The molecule has 7 nitrogen and oxygen atoms in total. The van der Waals surface area contributed by atoms with E-state index in [1.165, 1.54) is 19.3 Å². The molecule has 1 aliphatic heterocycles. The third-order valence-corrected chi connectivity index (χ3v) is 11.0. The van der Waals surface area contributed by atoms with Gasteiger partial charge in [-0.2, -0.15) is 21.6 Å². The molecule has 0 spiro atoms. The predicted octanol–water partition coefficient (Wildman–Crippen LogP) is 3.38. The molecule has 11 heteroatoms. The quantitative estimate of drug-likeness (QED) is 0.450. The van der Waals surface area contributed by atoms with E-state index in [2.05, 4.69) is 0 Å². The highest BCUT2D eigenvalue weighted by Gasteiger charge is 2.74. The molecule has 1 N–H and O–H groups in total.